The Morgan fingerprint density at radius 2 is 2.29 bits per heavy atom. The van der Waals surface area contributed by atoms with Crippen molar-refractivity contribution in [2.75, 3.05) is 13.1 Å². The van der Waals surface area contributed by atoms with Crippen molar-refractivity contribution in [3.63, 3.8) is 0 Å². The number of ether oxygens (including phenoxy) is 1. The summed E-state index contributed by atoms with van der Waals surface area (Å²) >= 11 is 0. The monoisotopic (exact) mass is 232 g/mol. The number of hydrogen-bond acceptors (Lipinski definition) is 3. The molecule has 0 unspecified atom stereocenters. The maximum absolute atomic E-state index is 11.6. The predicted octanol–water partition coefficient (Wildman–Crippen LogP) is 1.64. The molecule has 1 aliphatic rings. The van der Waals surface area contributed by atoms with Gasteiger partial charge in [-0.15, -0.1) is 0 Å². The summed E-state index contributed by atoms with van der Waals surface area (Å²) in [4.78, 5) is 17.4. The van der Waals surface area contributed by atoms with Gasteiger partial charge in [0.1, 0.15) is 11.9 Å². The summed E-state index contributed by atoms with van der Waals surface area (Å²) in [6, 6.07) is 3.70. The van der Waals surface area contributed by atoms with Crippen LogP contribution in [0.2, 0.25) is 0 Å². The molecule has 0 saturated carbocycles. The van der Waals surface area contributed by atoms with Crippen LogP contribution < -0.4 is 4.74 Å². The van der Waals surface area contributed by atoms with Crippen LogP contribution in [0.15, 0.2) is 36.2 Å². The number of pyridine rings is 1. The second-order valence-electron chi connectivity index (χ2n) is 4.39. The molecule has 1 aliphatic heterocycles. The molecule has 1 amide bonds. The van der Waals surface area contributed by atoms with E-state index in [9.17, 15) is 4.79 Å². The van der Waals surface area contributed by atoms with Crippen LogP contribution in [-0.4, -0.2) is 35.0 Å². The lowest BCUT2D eigenvalue weighted by atomic mass is 10.1. The summed E-state index contributed by atoms with van der Waals surface area (Å²) in [5.74, 6) is 0.822. The van der Waals surface area contributed by atoms with E-state index in [4.69, 9.17) is 4.74 Å². The summed E-state index contributed by atoms with van der Waals surface area (Å²) in [6.45, 7) is 5.14. The summed E-state index contributed by atoms with van der Waals surface area (Å²) in [7, 11) is 0. The minimum absolute atomic E-state index is 0.0658. The number of nitrogens with zero attached hydrogens (tertiary/aromatic N) is 2. The largest absolute Gasteiger partial charge is 0.485 e. The second kappa shape index (κ2) is 4.99. The number of rotatable bonds is 3. The van der Waals surface area contributed by atoms with E-state index in [1.165, 1.54) is 0 Å². The van der Waals surface area contributed by atoms with Gasteiger partial charge in [0.25, 0.3) is 0 Å². The highest BCUT2D eigenvalue weighted by Crippen LogP contribution is 2.17. The van der Waals surface area contributed by atoms with Crippen LogP contribution in [0, 0.1) is 0 Å². The minimum Gasteiger partial charge on any atom is -0.485 e. The van der Waals surface area contributed by atoms with Crippen LogP contribution in [0.4, 0.5) is 0 Å². The number of aromatic nitrogens is 1. The lowest BCUT2D eigenvalue weighted by Gasteiger charge is -2.38. The van der Waals surface area contributed by atoms with Gasteiger partial charge in [-0.25, -0.2) is 0 Å². The summed E-state index contributed by atoms with van der Waals surface area (Å²) in [5.41, 5.74) is 1.02. The Hall–Kier alpha value is -1.84. The van der Waals surface area contributed by atoms with E-state index < -0.39 is 0 Å². The molecule has 0 bridgehead atoms. The maximum atomic E-state index is 11.6. The molecular weight excluding hydrogens is 216 g/mol. The van der Waals surface area contributed by atoms with E-state index in [1.54, 1.807) is 23.4 Å². The Kier molecular flexibility index (Phi) is 3.42. The van der Waals surface area contributed by atoms with Gasteiger partial charge in [0.2, 0.25) is 5.91 Å². The molecule has 0 N–H and O–H groups in total. The van der Waals surface area contributed by atoms with Crippen molar-refractivity contribution in [2.24, 2.45) is 0 Å². The number of amides is 1. The first-order chi connectivity index (χ1) is 8.15. The number of hydrogen-bond donors (Lipinski definition) is 0. The van der Waals surface area contributed by atoms with Gasteiger partial charge in [-0.05, 0) is 26.0 Å². The number of carbonyl (C=O) groups excluding carboxylic acids is 1. The molecule has 2 rings (SSSR count). The van der Waals surface area contributed by atoms with Crippen molar-refractivity contribution in [1.82, 2.24) is 9.88 Å². The molecule has 1 fully saturated rings. The van der Waals surface area contributed by atoms with E-state index in [0.29, 0.717) is 13.1 Å². The van der Waals surface area contributed by atoms with E-state index in [-0.39, 0.29) is 12.0 Å². The Labute approximate surface area is 101 Å². The average molecular weight is 232 g/mol. The highest BCUT2D eigenvalue weighted by atomic mass is 16.5. The fraction of sp³-hybridized carbons (Fsp3) is 0.385. The number of likely N-dealkylation sites (tertiary alicyclic amines) is 1. The fourth-order valence-electron chi connectivity index (χ4n) is 1.64. The Morgan fingerprint density at radius 3 is 2.88 bits per heavy atom. The smallest absolute Gasteiger partial charge is 0.246 e. The third-order valence-electron chi connectivity index (χ3n) is 2.51. The van der Waals surface area contributed by atoms with Gasteiger partial charge in [-0.1, -0.05) is 5.57 Å². The van der Waals surface area contributed by atoms with Crippen molar-refractivity contribution >= 4 is 5.91 Å². The molecule has 4 nitrogen and oxygen atoms in total. The van der Waals surface area contributed by atoms with Crippen molar-refractivity contribution in [3.8, 4) is 5.75 Å². The van der Waals surface area contributed by atoms with Crippen LogP contribution >= 0.6 is 0 Å². The molecule has 4 heteroatoms. The fourth-order valence-corrected chi connectivity index (χ4v) is 1.64. The Balaban J connectivity index is 1.80. The lowest BCUT2D eigenvalue weighted by molar-refractivity contribution is -0.134. The SMILES string of the molecule is CC(C)=CC(=O)N1CC(Oc2cccnc2)C1. The first-order valence-corrected chi connectivity index (χ1v) is 5.65. The molecule has 2 heterocycles. The first kappa shape index (κ1) is 11.6. The molecule has 90 valence electrons. The number of allylic oxidation sites excluding steroid dienone is 1. The number of carbonyl (C=O) groups is 1. The zero-order valence-electron chi connectivity index (χ0n) is 10.1. The van der Waals surface area contributed by atoms with Gasteiger partial charge < -0.3 is 9.64 Å². The molecular formula is C13H16N2O2. The van der Waals surface area contributed by atoms with Crippen LogP contribution in [-0.2, 0) is 4.79 Å². The average Bonchev–Trinajstić information content (AvgIpc) is 2.23. The standard InChI is InChI=1S/C13H16N2O2/c1-10(2)6-13(16)15-8-12(9-15)17-11-4-3-5-14-7-11/h3-7,12H,8-9H2,1-2H3. The first-order valence-electron chi connectivity index (χ1n) is 5.65. The predicted molar refractivity (Wildman–Crippen MR) is 64.7 cm³/mol. The van der Waals surface area contributed by atoms with E-state index in [1.807, 2.05) is 26.0 Å². The second-order valence-corrected chi connectivity index (χ2v) is 4.39. The van der Waals surface area contributed by atoms with Crippen molar-refractivity contribution in [2.45, 2.75) is 20.0 Å². The van der Waals surface area contributed by atoms with Gasteiger partial charge in [0, 0.05) is 12.3 Å². The van der Waals surface area contributed by atoms with Gasteiger partial charge in [0.15, 0.2) is 0 Å². The molecule has 0 atom stereocenters. The molecule has 0 radical (unpaired) electrons. The quantitative estimate of drug-likeness (QED) is 0.744. The van der Waals surface area contributed by atoms with Crippen LogP contribution in [0.25, 0.3) is 0 Å². The Bertz CT molecular complexity index is 418. The summed E-state index contributed by atoms with van der Waals surface area (Å²) in [5, 5.41) is 0. The summed E-state index contributed by atoms with van der Waals surface area (Å²) < 4.78 is 5.66. The third-order valence-corrected chi connectivity index (χ3v) is 2.51. The van der Waals surface area contributed by atoms with Gasteiger partial charge in [-0.3, -0.25) is 9.78 Å². The van der Waals surface area contributed by atoms with Crippen LogP contribution in [0.5, 0.6) is 5.75 Å². The highest BCUT2D eigenvalue weighted by molar-refractivity contribution is 5.88. The van der Waals surface area contributed by atoms with Gasteiger partial charge in [-0.2, -0.15) is 0 Å². The zero-order chi connectivity index (χ0) is 12.3. The molecule has 1 aromatic heterocycles. The lowest BCUT2D eigenvalue weighted by Crippen LogP contribution is -2.55. The van der Waals surface area contributed by atoms with Crippen LogP contribution in [0.1, 0.15) is 13.8 Å². The third kappa shape index (κ3) is 3.06. The molecule has 0 aromatic carbocycles. The van der Waals surface area contributed by atoms with Crippen LogP contribution in [0.3, 0.4) is 0 Å². The molecule has 1 aromatic rings. The van der Waals surface area contributed by atoms with Gasteiger partial charge in [0.05, 0.1) is 19.3 Å². The van der Waals surface area contributed by atoms with E-state index in [0.717, 1.165) is 11.3 Å². The molecule has 0 spiro atoms. The van der Waals surface area contributed by atoms with E-state index >= 15 is 0 Å². The Morgan fingerprint density at radius 1 is 1.53 bits per heavy atom. The zero-order valence-corrected chi connectivity index (χ0v) is 10.1. The molecule has 1 saturated heterocycles. The summed E-state index contributed by atoms with van der Waals surface area (Å²) in [6.07, 6.45) is 5.13. The van der Waals surface area contributed by atoms with Crippen molar-refractivity contribution < 1.29 is 9.53 Å². The molecule has 17 heavy (non-hydrogen) atoms. The molecule has 0 aliphatic carbocycles. The van der Waals surface area contributed by atoms with Crippen molar-refractivity contribution in [3.05, 3.63) is 36.2 Å². The van der Waals surface area contributed by atoms with Gasteiger partial charge >= 0.3 is 0 Å². The maximum Gasteiger partial charge on any atom is 0.246 e. The topological polar surface area (TPSA) is 42.4 Å². The van der Waals surface area contributed by atoms with Crippen molar-refractivity contribution in [1.29, 1.82) is 0 Å². The normalized spacial score (nSPS) is 15.1. The minimum atomic E-state index is 0.0658. The van der Waals surface area contributed by atoms with E-state index in [2.05, 4.69) is 4.98 Å². The highest BCUT2D eigenvalue weighted by Gasteiger charge is 2.31.